The Morgan fingerprint density at radius 1 is 1.20 bits per heavy atom. The van der Waals surface area contributed by atoms with E-state index in [1.807, 2.05) is 29.8 Å². The second kappa shape index (κ2) is 9.71. The number of H-pyrrole nitrogens is 1. The Bertz CT molecular complexity index is 1470. The number of hydrogen-bond acceptors (Lipinski definition) is 5. The average molecular weight is 494 g/mol. The Morgan fingerprint density at radius 3 is 2.74 bits per heavy atom. The molecule has 9 heteroatoms. The number of nitrogens with zero attached hydrogens (tertiary/aromatic N) is 3. The number of nitrogens with one attached hydrogen (secondary N) is 2. The van der Waals surface area contributed by atoms with Gasteiger partial charge in [0.1, 0.15) is 11.4 Å². The van der Waals surface area contributed by atoms with Gasteiger partial charge in [-0.3, -0.25) is 9.59 Å². The van der Waals surface area contributed by atoms with Gasteiger partial charge in [0, 0.05) is 53.9 Å². The number of carbonyl (C=O) groups is 1. The van der Waals surface area contributed by atoms with E-state index in [0.717, 1.165) is 41.6 Å². The van der Waals surface area contributed by atoms with Gasteiger partial charge in [-0.2, -0.15) is 0 Å². The zero-order valence-electron chi connectivity index (χ0n) is 19.9. The van der Waals surface area contributed by atoms with Crippen molar-refractivity contribution < 1.29 is 9.53 Å². The maximum atomic E-state index is 14.0. The summed E-state index contributed by atoms with van der Waals surface area (Å²) >= 11 is 6.74. The molecule has 1 saturated heterocycles. The number of fused-ring (bicyclic) bond motifs is 3. The third-order valence-electron chi connectivity index (χ3n) is 6.62. The first-order valence-corrected chi connectivity index (χ1v) is 12.3. The molecular formula is C26H28ClN5O3. The predicted molar refractivity (Wildman–Crippen MR) is 139 cm³/mol. The molecule has 8 nitrogen and oxygen atoms in total. The van der Waals surface area contributed by atoms with Crippen molar-refractivity contribution in [1.29, 1.82) is 0 Å². The fraction of sp³-hybridized carbons (Fsp3) is 0.346. The topological polar surface area (TPSA) is 92.2 Å². The fourth-order valence-electron chi connectivity index (χ4n) is 4.87. The number of aromatic amines is 1. The highest BCUT2D eigenvalue weighted by atomic mass is 35.5. The number of halogens is 1. The molecule has 0 bridgehead atoms. The van der Waals surface area contributed by atoms with E-state index in [0.29, 0.717) is 30.0 Å². The van der Waals surface area contributed by atoms with Gasteiger partial charge in [0.2, 0.25) is 0 Å². The Labute approximate surface area is 207 Å². The summed E-state index contributed by atoms with van der Waals surface area (Å²) in [6, 6.07) is 7.06. The van der Waals surface area contributed by atoms with Crippen LogP contribution >= 0.6 is 11.6 Å². The Morgan fingerprint density at radius 2 is 2.00 bits per heavy atom. The molecule has 1 aromatic carbocycles. The Balaban J connectivity index is 1.73. The van der Waals surface area contributed by atoms with Gasteiger partial charge in [0.05, 0.1) is 23.2 Å². The molecule has 182 valence electrons. The smallest absolute Gasteiger partial charge is 0.259 e. The van der Waals surface area contributed by atoms with Crippen LogP contribution in [-0.4, -0.2) is 58.6 Å². The summed E-state index contributed by atoms with van der Waals surface area (Å²) in [5.41, 5.74) is 2.55. The van der Waals surface area contributed by atoms with Crippen LogP contribution < -0.4 is 15.6 Å². The van der Waals surface area contributed by atoms with Crippen LogP contribution in [0.3, 0.4) is 0 Å². The van der Waals surface area contributed by atoms with E-state index in [2.05, 4.69) is 20.2 Å². The summed E-state index contributed by atoms with van der Waals surface area (Å²) < 4.78 is 7.27. The molecule has 0 aliphatic carbocycles. The van der Waals surface area contributed by atoms with Crippen LogP contribution in [0.25, 0.3) is 33.1 Å². The molecule has 0 radical (unpaired) electrons. The second-order valence-corrected chi connectivity index (χ2v) is 9.14. The van der Waals surface area contributed by atoms with Crippen LogP contribution in [0.15, 0.2) is 41.5 Å². The number of methoxy groups -OCH3 is 1. The van der Waals surface area contributed by atoms with Crippen molar-refractivity contribution in [2.24, 2.45) is 0 Å². The van der Waals surface area contributed by atoms with Crippen LogP contribution in [0.2, 0.25) is 5.02 Å². The van der Waals surface area contributed by atoms with Crippen molar-refractivity contribution in [1.82, 2.24) is 24.8 Å². The fourth-order valence-corrected chi connectivity index (χ4v) is 5.16. The number of ether oxygens (including phenoxy) is 1. The summed E-state index contributed by atoms with van der Waals surface area (Å²) in [6.07, 6.45) is 5.97. The van der Waals surface area contributed by atoms with Crippen molar-refractivity contribution in [3.8, 4) is 16.9 Å². The lowest BCUT2D eigenvalue weighted by Crippen LogP contribution is -2.30. The third kappa shape index (κ3) is 4.28. The van der Waals surface area contributed by atoms with Gasteiger partial charge in [-0.1, -0.05) is 11.6 Å². The zero-order valence-corrected chi connectivity index (χ0v) is 20.6. The standard InChI is InChI=1S/C26H28ClN5O3/c1-3-28-25(33)21-14-17(35-2)13-19(22(21)27)20-12-16-15-30-24-18(6-7-29-24)23(16)32(26(20)34)11-10-31-8-4-5-9-31/h6-7,12-15H,3-5,8-11H2,1-2H3,(H,28,33)(H,29,30). The molecule has 2 N–H and O–H groups in total. The van der Waals surface area contributed by atoms with Crippen molar-refractivity contribution in [3.63, 3.8) is 0 Å². The largest absolute Gasteiger partial charge is 0.497 e. The minimum absolute atomic E-state index is 0.164. The lowest BCUT2D eigenvalue weighted by atomic mass is 10.0. The maximum absolute atomic E-state index is 14.0. The molecule has 5 rings (SSSR count). The molecular weight excluding hydrogens is 466 g/mol. The van der Waals surface area contributed by atoms with Crippen LogP contribution in [-0.2, 0) is 6.54 Å². The Hall–Kier alpha value is -3.36. The van der Waals surface area contributed by atoms with Gasteiger partial charge in [-0.25, -0.2) is 4.98 Å². The van der Waals surface area contributed by atoms with E-state index in [1.165, 1.54) is 20.0 Å². The first-order valence-electron chi connectivity index (χ1n) is 11.9. The third-order valence-corrected chi connectivity index (χ3v) is 7.03. The molecule has 1 aliphatic rings. The van der Waals surface area contributed by atoms with Gasteiger partial charge in [0.15, 0.2) is 0 Å². The number of carbonyl (C=O) groups excluding carboxylic acids is 1. The maximum Gasteiger partial charge on any atom is 0.259 e. The highest BCUT2D eigenvalue weighted by molar-refractivity contribution is 6.36. The van der Waals surface area contributed by atoms with Gasteiger partial charge in [0.25, 0.3) is 11.5 Å². The van der Waals surface area contributed by atoms with Crippen molar-refractivity contribution >= 4 is 39.4 Å². The van der Waals surface area contributed by atoms with E-state index in [1.54, 1.807) is 18.3 Å². The lowest BCUT2D eigenvalue weighted by molar-refractivity contribution is 0.0955. The minimum Gasteiger partial charge on any atom is -0.497 e. The summed E-state index contributed by atoms with van der Waals surface area (Å²) in [4.78, 5) is 36.8. The van der Waals surface area contributed by atoms with E-state index < -0.39 is 0 Å². The number of likely N-dealkylation sites (tertiary alicyclic amines) is 1. The van der Waals surface area contributed by atoms with Gasteiger partial charge >= 0.3 is 0 Å². The summed E-state index contributed by atoms with van der Waals surface area (Å²) in [5.74, 6) is 0.136. The molecule has 1 amide bonds. The van der Waals surface area contributed by atoms with Crippen molar-refractivity contribution in [2.45, 2.75) is 26.3 Å². The average Bonchev–Trinajstić information content (AvgIpc) is 3.55. The molecule has 0 saturated carbocycles. The Kier molecular flexibility index (Phi) is 6.49. The number of amides is 1. The van der Waals surface area contributed by atoms with Crippen LogP contribution in [0.5, 0.6) is 5.75 Å². The zero-order chi connectivity index (χ0) is 24.5. The normalized spacial score (nSPS) is 14.1. The summed E-state index contributed by atoms with van der Waals surface area (Å²) in [6.45, 7) is 5.71. The van der Waals surface area contributed by atoms with Gasteiger partial charge < -0.3 is 24.5 Å². The van der Waals surface area contributed by atoms with Crippen molar-refractivity contribution in [2.75, 3.05) is 33.3 Å². The molecule has 4 heterocycles. The molecule has 35 heavy (non-hydrogen) atoms. The van der Waals surface area contributed by atoms with Gasteiger partial charge in [-0.05, 0) is 57.1 Å². The monoisotopic (exact) mass is 493 g/mol. The first kappa shape index (κ1) is 23.4. The molecule has 0 spiro atoms. The number of aromatic nitrogens is 3. The second-order valence-electron chi connectivity index (χ2n) is 8.76. The van der Waals surface area contributed by atoms with E-state index in [-0.39, 0.29) is 22.1 Å². The first-order chi connectivity index (χ1) is 17.0. The molecule has 3 aromatic heterocycles. The lowest BCUT2D eigenvalue weighted by Gasteiger charge is -2.19. The molecule has 4 aromatic rings. The van der Waals surface area contributed by atoms with Crippen LogP contribution in [0.1, 0.15) is 30.1 Å². The molecule has 1 fully saturated rings. The predicted octanol–water partition coefficient (Wildman–Crippen LogP) is 4.05. The highest BCUT2D eigenvalue weighted by Crippen LogP contribution is 2.35. The number of rotatable bonds is 7. The van der Waals surface area contributed by atoms with Gasteiger partial charge in [-0.15, -0.1) is 0 Å². The number of pyridine rings is 2. The highest BCUT2D eigenvalue weighted by Gasteiger charge is 2.22. The van der Waals surface area contributed by atoms with E-state index in [4.69, 9.17) is 16.3 Å². The summed E-state index contributed by atoms with van der Waals surface area (Å²) in [7, 11) is 1.52. The molecule has 0 atom stereocenters. The molecule has 0 unspecified atom stereocenters. The minimum atomic E-state index is -0.316. The van der Waals surface area contributed by atoms with E-state index >= 15 is 0 Å². The number of hydrogen-bond donors (Lipinski definition) is 2. The molecule has 1 aliphatic heterocycles. The number of benzene rings is 1. The van der Waals surface area contributed by atoms with Crippen molar-refractivity contribution in [3.05, 3.63) is 57.6 Å². The SMILES string of the molecule is CCNC(=O)c1cc(OC)cc(-c2cc3cnc4[nH]ccc4c3n(CCN3CCCC3)c2=O)c1Cl. The van der Waals surface area contributed by atoms with Crippen LogP contribution in [0, 0.1) is 0 Å². The van der Waals surface area contributed by atoms with Crippen LogP contribution in [0.4, 0.5) is 0 Å². The quantitative estimate of drug-likeness (QED) is 0.405. The van der Waals surface area contributed by atoms with E-state index in [9.17, 15) is 9.59 Å². The summed E-state index contributed by atoms with van der Waals surface area (Å²) in [5, 5.41) is 4.71.